The fourth-order valence-corrected chi connectivity index (χ4v) is 7.65. The van der Waals surface area contributed by atoms with Gasteiger partial charge in [-0.15, -0.1) is 0 Å². The van der Waals surface area contributed by atoms with Crippen LogP contribution in [0.5, 0.6) is 0 Å². The number of esters is 1. The molecule has 0 radical (unpaired) electrons. The van der Waals surface area contributed by atoms with E-state index in [2.05, 4.69) is 60.0 Å². The van der Waals surface area contributed by atoms with Crippen LogP contribution in [0.1, 0.15) is 55.2 Å². The summed E-state index contributed by atoms with van der Waals surface area (Å²) in [5.74, 6) is 0.303. The number of amides is 1. The Kier molecular flexibility index (Phi) is 14.4. The molecule has 2 N–H and O–H groups in total. The van der Waals surface area contributed by atoms with E-state index in [-0.39, 0.29) is 30.9 Å². The topological polar surface area (TPSA) is 104 Å². The third-order valence-electron chi connectivity index (χ3n) is 8.89. The maximum atomic E-state index is 13.4. The number of ether oxygens (including phenoxy) is 3. The van der Waals surface area contributed by atoms with Crippen LogP contribution in [-0.4, -0.2) is 49.3 Å². The Morgan fingerprint density at radius 2 is 1.63 bits per heavy atom. The lowest BCUT2D eigenvalue weighted by atomic mass is 10.0. The number of hydrogen-bond donors (Lipinski definition) is 2. The molecule has 1 atom stereocenters. The number of nitrogens with one attached hydrogen (secondary N) is 2. The molecule has 0 fully saturated rings. The molecule has 284 valence electrons. The van der Waals surface area contributed by atoms with Crippen molar-refractivity contribution in [1.29, 1.82) is 0 Å². The molecule has 1 aromatic heterocycles. The number of aromatic nitrogens is 2. The second kappa shape index (κ2) is 19.3. The number of aryl methyl sites for hydroxylation is 1. The van der Waals surface area contributed by atoms with Gasteiger partial charge in [0.2, 0.25) is 11.9 Å². The predicted octanol–water partition coefficient (Wildman–Crippen LogP) is 10.1. The van der Waals surface area contributed by atoms with E-state index in [1.807, 2.05) is 91.9 Å². The molecule has 1 amide bonds. The number of para-hydroxylation sites is 1. The molecule has 9 nitrogen and oxygen atoms in total. The Morgan fingerprint density at radius 3 is 2.33 bits per heavy atom. The van der Waals surface area contributed by atoms with Crippen molar-refractivity contribution in [3.05, 3.63) is 125 Å². The van der Waals surface area contributed by atoms with Crippen molar-refractivity contribution in [3.63, 3.8) is 0 Å². The van der Waals surface area contributed by atoms with Gasteiger partial charge in [0.15, 0.2) is 0 Å². The molecule has 0 bridgehead atoms. The first kappa shape index (κ1) is 40.2. The van der Waals surface area contributed by atoms with Crippen molar-refractivity contribution in [3.8, 4) is 0 Å². The summed E-state index contributed by atoms with van der Waals surface area (Å²) in [7, 11) is -1.55. The molecule has 0 aliphatic carbocycles. The number of nitrogens with zero attached hydrogens (tertiary/aromatic N) is 2. The summed E-state index contributed by atoms with van der Waals surface area (Å²) < 4.78 is 19.7. The fourth-order valence-electron chi connectivity index (χ4n) is 6.30. The number of benzene rings is 4. The van der Waals surface area contributed by atoms with E-state index in [0.717, 1.165) is 50.6 Å². The molecule has 1 heterocycles. The minimum absolute atomic E-state index is 0.132. The van der Waals surface area contributed by atoms with Crippen LogP contribution < -0.4 is 10.6 Å². The van der Waals surface area contributed by atoms with Gasteiger partial charge >= 0.3 is 5.97 Å². The first-order valence-corrected chi connectivity index (χ1v) is 22.6. The molecule has 0 aliphatic rings. The van der Waals surface area contributed by atoms with Crippen molar-refractivity contribution in [1.82, 2.24) is 9.55 Å². The summed E-state index contributed by atoms with van der Waals surface area (Å²) in [6.45, 7) is 14.9. The monoisotopic (exact) mass is 746 g/mol. The van der Waals surface area contributed by atoms with Crippen LogP contribution in [0.3, 0.4) is 0 Å². The van der Waals surface area contributed by atoms with Crippen LogP contribution in [0.4, 0.5) is 17.3 Å². The zero-order valence-electron chi connectivity index (χ0n) is 32.5. The minimum Gasteiger partial charge on any atom is -0.466 e. The van der Waals surface area contributed by atoms with Crippen molar-refractivity contribution >= 4 is 53.9 Å². The minimum atomic E-state index is -1.55. The smallest absolute Gasteiger partial charge is 0.310 e. The molecule has 5 aromatic rings. The van der Waals surface area contributed by atoms with Gasteiger partial charge in [-0.2, -0.15) is 0 Å². The molecule has 0 spiro atoms. The molecule has 1 unspecified atom stereocenters. The normalized spacial score (nSPS) is 12.4. The van der Waals surface area contributed by atoms with E-state index in [1.165, 1.54) is 0 Å². The standard InChI is InChI=1S/C44H54N4O5Si/c1-7-52-42(31-54(4,5)6)48-40-27-34(20-25-39(40)47-44(48)46-38-19-13-12-15-32(38)3)28-41(49)45-37-23-21-35(22-24-37)36(29-43(50)53-8-2)18-14-26-51-30-33-16-10-9-11-17-33/h9-13,15-25,27,42H,7-8,14,26,28-31H2,1-6H3,(H,45,49)(H,46,47). The van der Waals surface area contributed by atoms with E-state index >= 15 is 0 Å². The van der Waals surface area contributed by atoms with Crippen LogP contribution in [0.2, 0.25) is 25.7 Å². The van der Waals surface area contributed by atoms with Crippen LogP contribution in [-0.2, 0) is 36.8 Å². The third-order valence-corrected chi connectivity index (χ3v) is 10.5. The van der Waals surface area contributed by atoms with Crippen LogP contribution >= 0.6 is 0 Å². The summed E-state index contributed by atoms with van der Waals surface area (Å²) in [5, 5.41) is 6.62. The second-order valence-corrected chi connectivity index (χ2v) is 20.1. The molecule has 4 aromatic carbocycles. The Labute approximate surface area is 320 Å². The highest BCUT2D eigenvalue weighted by Gasteiger charge is 2.27. The Bertz CT molecular complexity index is 2020. The Balaban J connectivity index is 1.31. The third kappa shape index (κ3) is 11.7. The number of fused-ring (bicyclic) bond motifs is 1. The van der Waals surface area contributed by atoms with Gasteiger partial charge in [0, 0.05) is 26.1 Å². The highest BCUT2D eigenvalue weighted by molar-refractivity contribution is 6.76. The zero-order chi connectivity index (χ0) is 38.5. The quantitative estimate of drug-likeness (QED) is 0.0493. The summed E-state index contributed by atoms with van der Waals surface area (Å²) in [5.41, 5.74) is 8.27. The summed E-state index contributed by atoms with van der Waals surface area (Å²) >= 11 is 0. The first-order chi connectivity index (χ1) is 26.0. The number of carbonyl (C=O) groups excluding carboxylic acids is 2. The molecular formula is C44H54N4O5Si. The molecule has 0 saturated carbocycles. The lowest BCUT2D eigenvalue weighted by molar-refractivity contribution is -0.141. The molecular weight excluding hydrogens is 693 g/mol. The van der Waals surface area contributed by atoms with Gasteiger partial charge < -0.3 is 24.8 Å². The maximum Gasteiger partial charge on any atom is 0.310 e. The average Bonchev–Trinajstić information content (AvgIpc) is 3.49. The molecule has 0 saturated heterocycles. The zero-order valence-corrected chi connectivity index (χ0v) is 33.5. The fraction of sp³-hybridized carbons (Fsp3) is 0.341. The largest absolute Gasteiger partial charge is 0.466 e. The average molecular weight is 747 g/mol. The second-order valence-electron chi connectivity index (χ2n) is 14.6. The maximum absolute atomic E-state index is 13.4. The van der Waals surface area contributed by atoms with Gasteiger partial charge in [0.25, 0.3) is 0 Å². The van der Waals surface area contributed by atoms with Gasteiger partial charge in [-0.1, -0.05) is 92.4 Å². The molecule has 10 heteroatoms. The van der Waals surface area contributed by atoms with Gasteiger partial charge in [-0.05, 0) is 91.4 Å². The number of anilines is 3. The SMILES string of the molecule is CCOC(=O)CC(=CCCOCc1ccccc1)c1ccc(NC(=O)Cc2ccc3nc(Nc4ccccc4C)n(C(C[Si](C)(C)C)OCC)c3c2)cc1. The Hall–Kier alpha value is -5.03. The number of imidazole rings is 1. The highest BCUT2D eigenvalue weighted by atomic mass is 28.3. The molecule has 54 heavy (non-hydrogen) atoms. The number of rotatable bonds is 19. The van der Waals surface area contributed by atoms with Gasteiger partial charge in [0.05, 0.1) is 43.7 Å². The lowest BCUT2D eigenvalue weighted by Crippen LogP contribution is -2.28. The number of hydrogen-bond acceptors (Lipinski definition) is 7. The van der Waals surface area contributed by atoms with E-state index in [1.54, 1.807) is 6.92 Å². The van der Waals surface area contributed by atoms with E-state index in [0.29, 0.717) is 44.5 Å². The van der Waals surface area contributed by atoms with Gasteiger partial charge in [-0.3, -0.25) is 14.2 Å². The summed E-state index contributed by atoms with van der Waals surface area (Å²) in [6.07, 6.45) is 2.81. The molecule has 0 aliphatic heterocycles. The van der Waals surface area contributed by atoms with E-state index < -0.39 is 8.07 Å². The van der Waals surface area contributed by atoms with Crippen LogP contribution in [0, 0.1) is 6.92 Å². The summed E-state index contributed by atoms with van der Waals surface area (Å²) in [6, 6.07) is 32.7. The highest BCUT2D eigenvalue weighted by Crippen LogP contribution is 2.33. The number of carbonyl (C=O) groups is 2. The predicted molar refractivity (Wildman–Crippen MR) is 222 cm³/mol. The van der Waals surface area contributed by atoms with Crippen LogP contribution in [0.15, 0.2) is 103 Å². The summed E-state index contributed by atoms with van der Waals surface area (Å²) in [4.78, 5) is 30.9. The van der Waals surface area contributed by atoms with Crippen LogP contribution in [0.25, 0.3) is 16.6 Å². The first-order valence-electron chi connectivity index (χ1n) is 18.8. The van der Waals surface area contributed by atoms with Crippen molar-refractivity contribution in [2.45, 2.75) is 78.6 Å². The van der Waals surface area contributed by atoms with Gasteiger partial charge in [0.1, 0.15) is 6.23 Å². The van der Waals surface area contributed by atoms with Gasteiger partial charge in [-0.25, -0.2) is 4.98 Å². The van der Waals surface area contributed by atoms with Crippen molar-refractivity contribution < 1.29 is 23.8 Å². The Morgan fingerprint density at radius 1 is 0.889 bits per heavy atom. The van der Waals surface area contributed by atoms with E-state index in [4.69, 9.17) is 19.2 Å². The van der Waals surface area contributed by atoms with Crippen molar-refractivity contribution in [2.75, 3.05) is 30.5 Å². The molecule has 5 rings (SSSR count). The van der Waals surface area contributed by atoms with E-state index in [9.17, 15) is 9.59 Å². The lowest BCUT2D eigenvalue weighted by Gasteiger charge is -2.27. The van der Waals surface area contributed by atoms with Crippen molar-refractivity contribution in [2.24, 2.45) is 0 Å².